The normalized spacial score (nSPS) is 10.7. The van der Waals surface area contributed by atoms with E-state index in [-0.39, 0.29) is 5.91 Å². The van der Waals surface area contributed by atoms with Crippen molar-refractivity contribution in [3.05, 3.63) is 66.0 Å². The highest BCUT2D eigenvalue weighted by atomic mass is 16.5. The first kappa shape index (κ1) is 13.3. The van der Waals surface area contributed by atoms with Crippen LogP contribution in [0.1, 0.15) is 15.9 Å². The lowest BCUT2D eigenvalue weighted by atomic mass is 10.1. The van der Waals surface area contributed by atoms with Gasteiger partial charge in [0.25, 0.3) is 5.91 Å². The van der Waals surface area contributed by atoms with Crippen LogP contribution >= 0.6 is 0 Å². The van der Waals surface area contributed by atoms with Crippen LogP contribution in [0.5, 0.6) is 0 Å². The zero-order valence-corrected chi connectivity index (χ0v) is 11.6. The minimum absolute atomic E-state index is 0.184. The van der Waals surface area contributed by atoms with Gasteiger partial charge in [-0.1, -0.05) is 24.3 Å². The second-order valence-corrected chi connectivity index (χ2v) is 4.68. The number of rotatable bonds is 4. The van der Waals surface area contributed by atoms with E-state index in [4.69, 9.17) is 4.74 Å². The molecule has 5 heteroatoms. The van der Waals surface area contributed by atoms with E-state index in [0.29, 0.717) is 12.2 Å². The van der Waals surface area contributed by atoms with Crippen LogP contribution in [0.25, 0.3) is 11.0 Å². The molecule has 0 saturated carbocycles. The summed E-state index contributed by atoms with van der Waals surface area (Å²) in [4.78, 5) is 16.6. The smallest absolute Gasteiger partial charge is 0.270 e. The second-order valence-electron chi connectivity index (χ2n) is 4.68. The van der Waals surface area contributed by atoms with Gasteiger partial charge in [-0.25, -0.2) is 9.66 Å². The molecule has 21 heavy (non-hydrogen) atoms. The Bertz CT molecular complexity index is 780. The summed E-state index contributed by atoms with van der Waals surface area (Å²) in [7, 11) is 1.63. The van der Waals surface area contributed by atoms with Crippen LogP contribution in [0.4, 0.5) is 0 Å². The summed E-state index contributed by atoms with van der Waals surface area (Å²) in [5.41, 5.74) is 6.07. The first-order valence-electron chi connectivity index (χ1n) is 6.59. The van der Waals surface area contributed by atoms with Gasteiger partial charge < -0.3 is 4.74 Å². The Morgan fingerprint density at radius 3 is 2.95 bits per heavy atom. The number of benzene rings is 2. The summed E-state index contributed by atoms with van der Waals surface area (Å²) in [6.45, 7) is 0.481. The topological polar surface area (TPSA) is 56.1 Å². The van der Waals surface area contributed by atoms with E-state index in [2.05, 4.69) is 10.4 Å². The number of amides is 1. The van der Waals surface area contributed by atoms with Crippen LogP contribution in [0.2, 0.25) is 0 Å². The average Bonchev–Trinajstić information content (AvgIpc) is 2.91. The van der Waals surface area contributed by atoms with Gasteiger partial charge in [-0.15, -0.1) is 0 Å². The maximum Gasteiger partial charge on any atom is 0.270 e. The van der Waals surface area contributed by atoms with Gasteiger partial charge in [0.2, 0.25) is 0 Å². The fourth-order valence-electron chi connectivity index (χ4n) is 2.19. The third kappa shape index (κ3) is 2.78. The number of methoxy groups -OCH3 is 1. The van der Waals surface area contributed by atoms with Gasteiger partial charge in [-0.05, 0) is 29.8 Å². The molecule has 1 aromatic heterocycles. The molecule has 0 aliphatic heterocycles. The fraction of sp³-hybridized carbons (Fsp3) is 0.125. The maximum absolute atomic E-state index is 12.3. The third-order valence-corrected chi connectivity index (χ3v) is 3.18. The quantitative estimate of drug-likeness (QED) is 0.799. The molecule has 0 aliphatic carbocycles. The van der Waals surface area contributed by atoms with Crippen LogP contribution in [0.15, 0.2) is 54.9 Å². The number of carbonyl (C=O) groups is 1. The highest BCUT2D eigenvalue weighted by molar-refractivity contribution is 6.00. The van der Waals surface area contributed by atoms with Crippen molar-refractivity contribution in [3.63, 3.8) is 0 Å². The Balaban J connectivity index is 1.84. The molecule has 1 N–H and O–H groups in total. The summed E-state index contributed by atoms with van der Waals surface area (Å²) >= 11 is 0. The molecule has 3 aromatic rings. The van der Waals surface area contributed by atoms with E-state index in [1.54, 1.807) is 24.2 Å². The molecule has 0 saturated heterocycles. The standard InChI is InChI=1S/C16H15N3O2/c1-21-10-12-5-4-6-13(9-12)16(20)18-19-11-17-14-7-2-3-8-15(14)19/h2-9,11H,10H2,1H3,(H,18,20). The number of hydrogen-bond donors (Lipinski definition) is 1. The van der Waals surface area contributed by atoms with E-state index >= 15 is 0 Å². The minimum atomic E-state index is -0.184. The van der Waals surface area contributed by atoms with Crippen LogP contribution in [-0.4, -0.2) is 22.7 Å². The Morgan fingerprint density at radius 1 is 1.24 bits per heavy atom. The number of aromatic nitrogens is 2. The molecule has 3 rings (SSSR count). The average molecular weight is 281 g/mol. The molecule has 0 spiro atoms. The van der Waals surface area contributed by atoms with Crippen LogP contribution in [0.3, 0.4) is 0 Å². The van der Waals surface area contributed by atoms with Gasteiger partial charge in [0.05, 0.1) is 17.6 Å². The number of nitrogens with one attached hydrogen (secondary N) is 1. The molecule has 106 valence electrons. The summed E-state index contributed by atoms with van der Waals surface area (Å²) in [6, 6.07) is 15.0. The van der Waals surface area contributed by atoms with Crippen LogP contribution in [-0.2, 0) is 11.3 Å². The molecule has 0 bridgehead atoms. The lowest BCUT2D eigenvalue weighted by Crippen LogP contribution is -2.22. The predicted octanol–water partition coefficient (Wildman–Crippen LogP) is 2.57. The monoisotopic (exact) mass is 281 g/mol. The van der Waals surface area contributed by atoms with E-state index in [1.807, 2.05) is 42.5 Å². The molecule has 0 atom stereocenters. The molecule has 0 fully saturated rings. The number of fused-ring (bicyclic) bond motifs is 1. The molecule has 0 radical (unpaired) electrons. The number of imidazole rings is 1. The largest absolute Gasteiger partial charge is 0.380 e. The molecule has 2 aromatic carbocycles. The highest BCUT2D eigenvalue weighted by Gasteiger charge is 2.08. The van der Waals surface area contributed by atoms with Gasteiger partial charge >= 0.3 is 0 Å². The number of ether oxygens (including phenoxy) is 1. The summed E-state index contributed by atoms with van der Waals surface area (Å²) < 4.78 is 6.70. The SMILES string of the molecule is COCc1cccc(C(=O)Nn2cnc3ccccc32)c1. The fourth-order valence-corrected chi connectivity index (χ4v) is 2.19. The van der Waals surface area contributed by atoms with Crippen molar-refractivity contribution in [3.8, 4) is 0 Å². The molecule has 1 amide bonds. The first-order valence-corrected chi connectivity index (χ1v) is 6.59. The van der Waals surface area contributed by atoms with E-state index in [9.17, 15) is 4.79 Å². The lowest BCUT2D eigenvalue weighted by Gasteiger charge is -2.08. The zero-order chi connectivity index (χ0) is 14.7. The Kier molecular flexibility index (Phi) is 3.66. The second kappa shape index (κ2) is 5.76. The molecule has 0 unspecified atom stereocenters. The van der Waals surface area contributed by atoms with E-state index in [0.717, 1.165) is 16.6 Å². The Hall–Kier alpha value is -2.66. The highest BCUT2D eigenvalue weighted by Crippen LogP contribution is 2.11. The van der Waals surface area contributed by atoms with Crippen molar-refractivity contribution in [2.24, 2.45) is 0 Å². The van der Waals surface area contributed by atoms with Crippen molar-refractivity contribution >= 4 is 16.9 Å². The molecular weight excluding hydrogens is 266 g/mol. The first-order chi connectivity index (χ1) is 10.3. The number of para-hydroxylation sites is 2. The number of hydrogen-bond acceptors (Lipinski definition) is 3. The predicted molar refractivity (Wildman–Crippen MR) is 80.6 cm³/mol. The van der Waals surface area contributed by atoms with Crippen molar-refractivity contribution in [2.75, 3.05) is 12.5 Å². The summed E-state index contributed by atoms with van der Waals surface area (Å²) in [5.74, 6) is -0.184. The van der Waals surface area contributed by atoms with Crippen molar-refractivity contribution in [1.82, 2.24) is 9.66 Å². The molecule has 0 aliphatic rings. The maximum atomic E-state index is 12.3. The van der Waals surface area contributed by atoms with E-state index in [1.165, 1.54) is 0 Å². The van der Waals surface area contributed by atoms with Crippen molar-refractivity contribution in [1.29, 1.82) is 0 Å². The van der Waals surface area contributed by atoms with Gasteiger partial charge in [0.1, 0.15) is 6.33 Å². The van der Waals surface area contributed by atoms with E-state index < -0.39 is 0 Å². The minimum Gasteiger partial charge on any atom is -0.380 e. The summed E-state index contributed by atoms with van der Waals surface area (Å²) in [5, 5.41) is 0. The van der Waals surface area contributed by atoms with Gasteiger partial charge in [0, 0.05) is 12.7 Å². The van der Waals surface area contributed by atoms with Crippen molar-refractivity contribution < 1.29 is 9.53 Å². The van der Waals surface area contributed by atoms with Gasteiger partial charge in [-0.3, -0.25) is 10.2 Å². The number of carbonyl (C=O) groups excluding carboxylic acids is 1. The third-order valence-electron chi connectivity index (χ3n) is 3.18. The Labute approximate surface area is 122 Å². The lowest BCUT2D eigenvalue weighted by molar-refractivity contribution is 0.101. The summed E-state index contributed by atoms with van der Waals surface area (Å²) in [6.07, 6.45) is 1.60. The van der Waals surface area contributed by atoms with Crippen LogP contribution in [0, 0.1) is 0 Å². The van der Waals surface area contributed by atoms with Crippen LogP contribution < -0.4 is 5.43 Å². The number of nitrogens with zero attached hydrogens (tertiary/aromatic N) is 2. The molecule has 5 nitrogen and oxygen atoms in total. The Morgan fingerprint density at radius 2 is 2.10 bits per heavy atom. The zero-order valence-electron chi connectivity index (χ0n) is 11.6. The molecule has 1 heterocycles. The van der Waals surface area contributed by atoms with Gasteiger partial charge in [0.15, 0.2) is 0 Å². The van der Waals surface area contributed by atoms with Crippen molar-refractivity contribution in [2.45, 2.75) is 6.61 Å². The molecular formula is C16H15N3O2. The van der Waals surface area contributed by atoms with Gasteiger partial charge in [-0.2, -0.15) is 0 Å².